The molecule has 216 valence electrons. The highest BCUT2D eigenvalue weighted by Gasteiger charge is 2.19. The Balaban J connectivity index is 1.32. The molecule has 0 saturated carbocycles. The molecule has 44 heavy (non-hydrogen) atoms. The van der Waals surface area contributed by atoms with Crippen LogP contribution in [0.3, 0.4) is 0 Å². The van der Waals surface area contributed by atoms with Crippen LogP contribution in [-0.2, 0) is 11.3 Å². The van der Waals surface area contributed by atoms with E-state index in [9.17, 15) is 9.59 Å². The Morgan fingerprint density at radius 3 is 2.52 bits per heavy atom. The number of aryl methyl sites for hydroxylation is 1. The van der Waals surface area contributed by atoms with Crippen LogP contribution in [0.1, 0.15) is 16.8 Å². The summed E-state index contributed by atoms with van der Waals surface area (Å²) < 4.78 is 9.31. The summed E-state index contributed by atoms with van der Waals surface area (Å²) in [6.45, 7) is 4.05. The molecule has 0 aliphatic carbocycles. The van der Waals surface area contributed by atoms with Crippen LogP contribution in [-0.4, -0.2) is 26.3 Å². The van der Waals surface area contributed by atoms with Gasteiger partial charge in [0.1, 0.15) is 12.1 Å². The van der Waals surface area contributed by atoms with Crippen LogP contribution >= 0.6 is 11.6 Å². The van der Waals surface area contributed by atoms with E-state index in [0.29, 0.717) is 27.3 Å². The molecule has 0 fully saturated rings. The molecule has 7 rings (SSSR count). The Bertz CT molecular complexity index is 2310. The van der Waals surface area contributed by atoms with Crippen molar-refractivity contribution in [2.45, 2.75) is 20.4 Å². The van der Waals surface area contributed by atoms with E-state index >= 15 is 0 Å². The Labute approximate surface area is 256 Å². The van der Waals surface area contributed by atoms with Gasteiger partial charge in [0.05, 0.1) is 17.1 Å². The first-order chi connectivity index (χ1) is 21.4. The highest BCUT2D eigenvalue weighted by molar-refractivity contribution is 6.31. The molecule has 0 aliphatic rings. The molecule has 8 nitrogen and oxygen atoms in total. The molecule has 3 aromatic heterocycles. The standard InChI is InChI=1S/C35H26ClN5O3/c1-21-11-14-25(15-12-21)38-33(42)20-40-22(2)28(26-7-4-6-10-30(26)40)19-37-41-34(39-29-9-5-3-8-27(29)35(41)43)32-18-23-17-24(36)13-16-31(23)44-32/h3-19H,20H2,1-2H3,(H,38,42). The van der Waals surface area contributed by atoms with Crippen molar-refractivity contribution in [2.24, 2.45) is 5.10 Å². The average molecular weight is 600 g/mol. The highest BCUT2D eigenvalue weighted by atomic mass is 35.5. The average Bonchev–Trinajstić information content (AvgIpc) is 3.56. The van der Waals surface area contributed by atoms with Crippen molar-refractivity contribution in [1.82, 2.24) is 14.2 Å². The van der Waals surface area contributed by atoms with Gasteiger partial charge in [0, 0.05) is 38.3 Å². The van der Waals surface area contributed by atoms with Gasteiger partial charge in [0.25, 0.3) is 5.56 Å². The van der Waals surface area contributed by atoms with Gasteiger partial charge in [-0.15, -0.1) is 0 Å². The summed E-state index contributed by atoms with van der Waals surface area (Å²) in [6.07, 6.45) is 1.65. The number of benzene rings is 4. The number of carbonyl (C=O) groups is 1. The number of furan rings is 1. The number of aromatic nitrogens is 3. The third-order valence-corrected chi connectivity index (χ3v) is 7.91. The summed E-state index contributed by atoms with van der Waals surface area (Å²) in [5, 5.41) is 10.4. The molecule has 0 saturated heterocycles. The van der Waals surface area contributed by atoms with Crippen LogP contribution in [0.2, 0.25) is 5.02 Å². The summed E-state index contributed by atoms with van der Waals surface area (Å²) >= 11 is 6.21. The first-order valence-electron chi connectivity index (χ1n) is 14.1. The number of nitrogens with zero attached hydrogens (tertiary/aromatic N) is 4. The zero-order valence-electron chi connectivity index (χ0n) is 23.9. The van der Waals surface area contributed by atoms with Crippen molar-refractivity contribution in [2.75, 3.05) is 5.32 Å². The third-order valence-electron chi connectivity index (χ3n) is 7.67. The normalized spacial score (nSPS) is 11.7. The minimum Gasteiger partial charge on any atom is -0.453 e. The molecule has 7 aromatic rings. The second-order valence-corrected chi connectivity index (χ2v) is 11.1. The monoisotopic (exact) mass is 599 g/mol. The van der Waals surface area contributed by atoms with E-state index in [1.165, 1.54) is 4.68 Å². The van der Waals surface area contributed by atoms with Crippen molar-refractivity contribution < 1.29 is 9.21 Å². The summed E-state index contributed by atoms with van der Waals surface area (Å²) in [6, 6.07) is 29.7. The third kappa shape index (κ3) is 4.95. The SMILES string of the molecule is Cc1ccc(NC(=O)Cn2c(C)c(C=Nn3c(-c4cc5cc(Cl)ccc5o4)nc4ccccc4c3=O)c3ccccc32)cc1. The number of nitrogens with one attached hydrogen (secondary N) is 1. The molecule has 0 atom stereocenters. The topological polar surface area (TPSA) is 94.4 Å². The molecule has 9 heteroatoms. The quantitative estimate of drug-likeness (QED) is 0.200. The number of halogens is 1. The molecule has 0 radical (unpaired) electrons. The molecule has 0 unspecified atom stereocenters. The summed E-state index contributed by atoms with van der Waals surface area (Å²) in [5.41, 5.74) is 5.16. The summed E-state index contributed by atoms with van der Waals surface area (Å²) in [5.74, 6) is 0.494. The number of rotatable bonds is 6. The van der Waals surface area contributed by atoms with Gasteiger partial charge in [-0.1, -0.05) is 59.6 Å². The summed E-state index contributed by atoms with van der Waals surface area (Å²) in [7, 11) is 0. The van der Waals surface area contributed by atoms with E-state index < -0.39 is 0 Å². The van der Waals surface area contributed by atoms with Crippen molar-refractivity contribution in [1.29, 1.82) is 0 Å². The molecular formula is C35H26ClN5O3. The Morgan fingerprint density at radius 2 is 1.70 bits per heavy atom. The van der Waals surface area contributed by atoms with Gasteiger partial charge in [0.2, 0.25) is 11.7 Å². The number of anilines is 1. The van der Waals surface area contributed by atoms with E-state index in [-0.39, 0.29) is 23.8 Å². The Hall–Kier alpha value is -5.47. The molecule has 4 aromatic carbocycles. The van der Waals surface area contributed by atoms with Gasteiger partial charge in [-0.25, -0.2) is 4.98 Å². The maximum atomic E-state index is 13.8. The van der Waals surface area contributed by atoms with Crippen molar-refractivity contribution in [3.63, 3.8) is 0 Å². The first-order valence-corrected chi connectivity index (χ1v) is 14.4. The smallest absolute Gasteiger partial charge is 0.282 e. The van der Waals surface area contributed by atoms with Gasteiger partial charge in [-0.3, -0.25) is 9.59 Å². The van der Waals surface area contributed by atoms with E-state index in [0.717, 1.165) is 38.8 Å². The first kappa shape index (κ1) is 27.4. The Morgan fingerprint density at radius 1 is 0.955 bits per heavy atom. The maximum Gasteiger partial charge on any atom is 0.282 e. The molecule has 1 N–H and O–H groups in total. The number of amides is 1. The van der Waals surface area contributed by atoms with Gasteiger partial charge in [-0.05, 0) is 68.4 Å². The number of hydrogen-bond acceptors (Lipinski definition) is 5. The largest absolute Gasteiger partial charge is 0.453 e. The van der Waals surface area contributed by atoms with Gasteiger partial charge >= 0.3 is 0 Å². The maximum absolute atomic E-state index is 13.8. The lowest BCUT2D eigenvalue weighted by molar-refractivity contribution is -0.116. The fourth-order valence-corrected chi connectivity index (χ4v) is 5.62. The number of hydrogen-bond donors (Lipinski definition) is 1. The van der Waals surface area contributed by atoms with Gasteiger partial charge in [0.15, 0.2) is 5.76 Å². The minimum absolute atomic E-state index is 0.109. The molecular weight excluding hydrogens is 574 g/mol. The fraction of sp³-hybridized carbons (Fsp3) is 0.0857. The predicted octanol–water partition coefficient (Wildman–Crippen LogP) is 7.56. The molecule has 1 amide bonds. The Kier molecular flexibility index (Phi) is 6.83. The van der Waals surface area contributed by atoms with E-state index in [4.69, 9.17) is 21.0 Å². The predicted molar refractivity (Wildman–Crippen MR) is 176 cm³/mol. The van der Waals surface area contributed by atoms with E-state index in [1.54, 1.807) is 48.7 Å². The van der Waals surface area contributed by atoms with Crippen molar-refractivity contribution >= 4 is 62.2 Å². The van der Waals surface area contributed by atoms with Crippen LogP contribution < -0.4 is 10.9 Å². The van der Waals surface area contributed by atoms with Crippen LogP contribution in [0.4, 0.5) is 5.69 Å². The zero-order chi connectivity index (χ0) is 30.4. The van der Waals surface area contributed by atoms with Gasteiger partial charge in [-0.2, -0.15) is 9.78 Å². The number of carbonyl (C=O) groups excluding carboxylic acids is 1. The van der Waals surface area contributed by atoms with Crippen LogP contribution in [0.5, 0.6) is 0 Å². The van der Waals surface area contributed by atoms with Crippen molar-refractivity contribution in [3.8, 4) is 11.6 Å². The molecule has 0 spiro atoms. The minimum atomic E-state index is -0.334. The lowest BCUT2D eigenvalue weighted by atomic mass is 10.1. The second kappa shape index (κ2) is 11.0. The van der Waals surface area contributed by atoms with E-state index in [2.05, 4.69) is 10.4 Å². The molecule has 0 aliphatic heterocycles. The van der Waals surface area contributed by atoms with Crippen LogP contribution in [0, 0.1) is 13.8 Å². The van der Waals surface area contributed by atoms with Crippen LogP contribution in [0.25, 0.3) is 44.4 Å². The van der Waals surface area contributed by atoms with Gasteiger partial charge < -0.3 is 14.3 Å². The number of fused-ring (bicyclic) bond motifs is 3. The van der Waals surface area contributed by atoms with Crippen molar-refractivity contribution in [3.05, 3.63) is 129 Å². The highest BCUT2D eigenvalue weighted by Crippen LogP contribution is 2.30. The molecule has 0 bridgehead atoms. The lowest BCUT2D eigenvalue weighted by Crippen LogP contribution is -2.20. The lowest BCUT2D eigenvalue weighted by Gasteiger charge is -2.10. The molecule has 3 heterocycles. The summed E-state index contributed by atoms with van der Waals surface area (Å²) in [4.78, 5) is 31.6. The fourth-order valence-electron chi connectivity index (χ4n) is 5.44. The zero-order valence-corrected chi connectivity index (χ0v) is 24.7. The van der Waals surface area contributed by atoms with E-state index in [1.807, 2.05) is 73.0 Å². The second-order valence-electron chi connectivity index (χ2n) is 10.6. The number of para-hydroxylation sites is 2. The van der Waals surface area contributed by atoms with Crippen LogP contribution in [0.15, 0.2) is 111 Å².